The third-order valence-corrected chi connectivity index (χ3v) is 5.19. The van der Waals surface area contributed by atoms with Crippen molar-refractivity contribution in [3.05, 3.63) is 49.4 Å². The molecule has 0 spiro atoms. The molecule has 1 aromatic carbocycles. The summed E-state index contributed by atoms with van der Waals surface area (Å²) < 4.78 is 0. The van der Waals surface area contributed by atoms with Crippen LogP contribution in [-0.2, 0) is 6.42 Å². The van der Waals surface area contributed by atoms with Crippen molar-refractivity contribution in [1.82, 2.24) is 10.3 Å². The van der Waals surface area contributed by atoms with Crippen molar-refractivity contribution in [1.29, 1.82) is 0 Å². The SMILES string of the molecule is CCc1nc(C(NC(C)C)c2cccc(Cl)c2Cl)sc1C. The number of nitrogens with one attached hydrogen (secondary N) is 1. The Labute approximate surface area is 140 Å². The van der Waals surface area contributed by atoms with E-state index in [1.807, 2.05) is 18.2 Å². The molecule has 21 heavy (non-hydrogen) atoms. The monoisotopic (exact) mass is 342 g/mol. The van der Waals surface area contributed by atoms with E-state index in [0.29, 0.717) is 16.1 Å². The minimum absolute atomic E-state index is 0.0276. The Hall–Kier alpha value is -0.610. The molecule has 0 radical (unpaired) electrons. The second-order valence-electron chi connectivity index (χ2n) is 5.31. The van der Waals surface area contributed by atoms with Crippen molar-refractivity contribution in [3.63, 3.8) is 0 Å². The molecule has 5 heteroatoms. The summed E-state index contributed by atoms with van der Waals surface area (Å²) in [7, 11) is 0. The van der Waals surface area contributed by atoms with Gasteiger partial charge in [-0.2, -0.15) is 0 Å². The molecule has 0 saturated heterocycles. The zero-order valence-electron chi connectivity index (χ0n) is 12.7. The fraction of sp³-hybridized carbons (Fsp3) is 0.438. The minimum atomic E-state index is -0.0276. The van der Waals surface area contributed by atoms with Gasteiger partial charge in [0.25, 0.3) is 0 Å². The second kappa shape index (κ2) is 7.10. The molecule has 0 bridgehead atoms. The van der Waals surface area contributed by atoms with E-state index < -0.39 is 0 Å². The summed E-state index contributed by atoms with van der Waals surface area (Å²) in [4.78, 5) is 6.05. The summed E-state index contributed by atoms with van der Waals surface area (Å²) in [6.45, 7) is 8.48. The van der Waals surface area contributed by atoms with E-state index in [1.54, 1.807) is 11.3 Å². The molecule has 1 atom stereocenters. The van der Waals surface area contributed by atoms with Crippen LogP contribution in [0.1, 0.15) is 48.0 Å². The van der Waals surface area contributed by atoms with Crippen molar-refractivity contribution in [2.24, 2.45) is 0 Å². The quantitative estimate of drug-likeness (QED) is 0.785. The largest absolute Gasteiger partial charge is 0.302 e. The molecule has 0 aliphatic carbocycles. The van der Waals surface area contributed by atoms with Crippen LogP contribution in [0.15, 0.2) is 18.2 Å². The number of aryl methyl sites for hydroxylation is 2. The summed E-state index contributed by atoms with van der Waals surface area (Å²) in [5.74, 6) is 0. The number of rotatable bonds is 5. The highest BCUT2D eigenvalue weighted by Gasteiger charge is 2.23. The average Bonchev–Trinajstić information content (AvgIpc) is 2.80. The standard InChI is InChI=1S/C16H20Cl2N2S/c1-5-13-10(4)21-16(20-13)15(19-9(2)3)11-7-6-8-12(17)14(11)18/h6-9,15,19H,5H2,1-4H3. The van der Waals surface area contributed by atoms with Gasteiger partial charge in [0.1, 0.15) is 5.01 Å². The highest BCUT2D eigenvalue weighted by Crippen LogP contribution is 2.35. The van der Waals surface area contributed by atoms with Crippen LogP contribution < -0.4 is 5.32 Å². The van der Waals surface area contributed by atoms with Gasteiger partial charge < -0.3 is 5.32 Å². The maximum absolute atomic E-state index is 6.41. The summed E-state index contributed by atoms with van der Waals surface area (Å²) in [5, 5.41) is 5.77. The highest BCUT2D eigenvalue weighted by molar-refractivity contribution is 7.11. The van der Waals surface area contributed by atoms with Crippen molar-refractivity contribution < 1.29 is 0 Å². The minimum Gasteiger partial charge on any atom is -0.302 e. The van der Waals surface area contributed by atoms with Crippen molar-refractivity contribution in [2.45, 2.75) is 46.2 Å². The normalized spacial score (nSPS) is 12.9. The molecule has 1 heterocycles. The van der Waals surface area contributed by atoms with E-state index in [0.717, 1.165) is 22.7 Å². The first-order valence-electron chi connectivity index (χ1n) is 7.10. The van der Waals surface area contributed by atoms with Crippen LogP contribution in [0.5, 0.6) is 0 Å². The predicted octanol–water partition coefficient (Wildman–Crippen LogP) is 5.41. The Morgan fingerprint density at radius 3 is 2.57 bits per heavy atom. The van der Waals surface area contributed by atoms with Crippen molar-refractivity contribution in [3.8, 4) is 0 Å². The van der Waals surface area contributed by atoms with Gasteiger partial charge >= 0.3 is 0 Å². The number of aromatic nitrogens is 1. The van der Waals surface area contributed by atoms with Gasteiger partial charge in [-0.15, -0.1) is 11.3 Å². The van der Waals surface area contributed by atoms with E-state index in [9.17, 15) is 0 Å². The van der Waals surface area contributed by atoms with Gasteiger partial charge in [-0.05, 0) is 38.8 Å². The van der Waals surface area contributed by atoms with Gasteiger partial charge in [-0.3, -0.25) is 0 Å². The Kier molecular flexibility index (Phi) is 5.67. The van der Waals surface area contributed by atoms with Crippen LogP contribution >= 0.6 is 34.5 Å². The van der Waals surface area contributed by atoms with E-state index in [-0.39, 0.29) is 6.04 Å². The Balaban J connectivity index is 2.49. The van der Waals surface area contributed by atoms with Gasteiger partial charge in [0.05, 0.1) is 21.8 Å². The van der Waals surface area contributed by atoms with Crippen LogP contribution in [0.4, 0.5) is 0 Å². The van der Waals surface area contributed by atoms with Gasteiger partial charge in [0.2, 0.25) is 0 Å². The topological polar surface area (TPSA) is 24.9 Å². The molecule has 2 nitrogen and oxygen atoms in total. The van der Waals surface area contributed by atoms with Crippen molar-refractivity contribution >= 4 is 34.5 Å². The molecular weight excluding hydrogens is 323 g/mol. The predicted molar refractivity (Wildman–Crippen MR) is 92.8 cm³/mol. The number of hydrogen-bond donors (Lipinski definition) is 1. The molecular formula is C16H20Cl2N2S. The lowest BCUT2D eigenvalue weighted by atomic mass is 10.1. The molecule has 0 aliphatic heterocycles. The molecule has 114 valence electrons. The van der Waals surface area contributed by atoms with Crippen LogP contribution in [0, 0.1) is 6.92 Å². The van der Waals surface area contributed by atoms with Crippen LogP contribution in [0.25, 0.3) is 0 Å². The lowest BCUT2D eigenvalue weighted by Crippen LogP contribution is -2.29. The molecule has 0 amide bonds. The molecule has 1 N–H and O–H groups in total. The Bertz CT molecular complexity index is 623. The molecule has 0 saturated carbocycles. The lowest BCUT2D eigenvalue weighted by Gasteiger charge is -2.21. The van der Waals surface area contributed by atoms with E-state index >= 15 is 0 Å². The zero-order valence-corrected chi connectivity index (χ0v) is 15.0. The number of thiazole rings is 1. The lowest BCUT2D eigenvalue weighted by molar-refractivity contribution is 0.526. The number of nitrogens with zero attached hydrogens (tertiary/aromatic N) is 1. The number of hydrogen-bond acceptors (Lipinski definition) is 3. The summed E-state index contributed by atoms with van der Waals surface area (Å²) in [5.41, 5.74) is 2.14. The average molecular weight is 343 g/mol. The molecule has 2 rings (SSSR count). The number of halogens is 2. The Morgan fingerprint density at radius 2 is 2.00 bits per heavy atom. The third-order valence-electron chi connectivity index (χ3n) is 3.28. The fourth-order valence-corrected chi connectivity index (χ4v) is 3.78. The fourth-order valence-electron chi connectivity index (χ4n) is 2.27. The first kappa shape index (κ1) is 16.8. The molecule has 0 fully saturated rings. The van der Waals surface area contributed by atoms with Gasteiger partial charge in [-0.1, -0.05) is 42.3 Å². The van der Waals surface area contributed by atoms with E-state index in [4.69, 9.17) is 28.2 Å². The molecule has 2 aromatic rings. The first-order chi connectivity index (χ1) is 9.93. The zero-order chi connectivity index (χ0) is 15.6. The van der Waals surface area contributed by atoms with E-state index in [2.05, 4.69) is 33.0 Å². The maximum atomic E-state index is 6.41. The first-order valence-corrected chi connectivity index (χ1v) is 8.67. The van der Waals surface area contributed by atoms with E-state index in [1.165, 1.54) is 4.88 Å². The van der Waals surface area contributed by atoms with Gasteiger partial charge in [-0.25, -0.2) is 4.98 Å². The third kappa shape index (κ3) is 3.78. The maximum Gasteiger partial charge on any atom is 0.115 e. The summed E-state index contributed by atoms with van der Waals surface area (Å²) >= 11 is 14.3. The summed E-state index contributed by atoms with van der Waals surface area (Å²) in [6, 6.07) is 6.04. The van der Waals surface area contributed by atoms with Crippen LogP contribution in [0.2, 0.25) is 10.0 Å². The highest BCUT2D eigenvalue weighted by atomic mass is 35.5. The van der Waals surface area contributed by atoms with Crippen molar-refractivity contribution in [2.75, 3.05) is 0 Å². The molecule has 1 unspecified atom stereocenters. The number of benzene rings is 1. The Morgan fingerprint density at radius 1 is 1.29 bits per heavy atom. The van der Waals surface area contributed by atoms with Gasteiger partial charge in [0.15, 0.2) is 0 Å². The molecule has 1 aromatic heterocycles. The smallest absolute Gasteiger partial charge is 0.115 e. The van der Waals surface area contributed by atoms with Gasteiger partial charge in [0, 0.05) is 10.9 Å². The summed E-state index contributed by atoms with van der Waals surface area (Å²) in [6.07, 6.45) is 0.944. The van der Waals surface area contributed by atoms with Crippen LogP contribution in [0.3, 0.4) is 0 Å². The second-order valence-corrected chi connectivity index (χ2v) is 7.33. The van der Waals surface area contributed by atoms with Crippen LogP contribution in [-0.4, -0.2) is 11.0 Å². The molecule has 0 aliphatic rings.